The molecule has 0 fully saturated rings. The largest absolute Gasteiger partial charge is 0.385 e. The zero-order chi connectivity index (χ0) is 17.6. The van der Waals surface area contributed by atoms with Crippen LogP contribution in [0.5, 0.6) is 0 Å². The Labute approximate surface area is 148 Å². The Balaban J connectivity index is 1.46. The molecule has 1 aliphatic rings. The smallest absolute Gasteiger partial charge is 0.224 e. The van der Waals surface area contributed by atoms with Crippen LogP contribution in [0.4, 0.5) is 11.4 Å². The first-order chi connectivity index (χ1) is 12.1. The lowest BCUT2D eigenvalue weighted by atomic mass is 10.00. The van der Waals surface area contributed by atoms with Crippen LogP contribution in [0.3, 0.4) is 0 Å². The predicted molar refractivity (Wildman–Crippen MR) is 99.4 cm³/mol. The van der Waals surface area contributed by atoms with Crippen molar-refractivity contribution in [1.29, 1.82) is 0 Å². The fraction of sp³-hybridized carbons (Fsp3) is 0.300. The van der Waals surface area contributed by atoms with E-state index in [2.05, 4.69) is 28.8 Å². The standard InChI is InChI=1S/C20H23N3O2/c1-15(24)22-19-8-6-18(7-9-19)21-12-10-20(25)23-13-11-16-4-2-3-5-17(16)14-23/h2-9,21H,10-14H2,1H3,(H,22,24). The first kappa shape index (κ1) is 17.0. The molecule has 0 bridgehead atoms. The molecule has 5 nitrogen and oxygen atoms in total. The zero-order valence-corrected chi connectivity index (χ0v) is 14.4. The molecule has 0 radical (unpaired) electrons. The summed E-state index contributed by atoms with van der Waals surface area (Å²) in [6.07, 6.45) is 1.40. The highest BCUT2D eigenvalue weighted by atomic mass is 16.2. The minimum absolute atomic E-state index is 0.0885. The number of nitrogens with one attached hydrogen (secondary N) is 2. The van der Waals surface area contributed by atoms with Crippen molar-refractivity contribution < 1.29 is 9.59 Å². The number of anilines is 2. The van der Waals surface area contributed by atoms with Crippen molar-refractivity contribution in [2.75, 3.05) is 23.7 Å². The Morgan fingerprint density at radius 2 is 1.68 bits per heavy atom. The average Bonchev–Trinajstić information content (AvgIpc) is 2.62. The van der Waals surface area contributed by atoms with E-state index in [1.807, 2.05) is 35.2 Å². The maximum absolute atomic E-state index is 12.4. The summed E-state index contributed by atoms with van der Waals surface area (Å²) in [6.45, 7) is 3.58. The van der Waals surface area contributed by atoms with E-state index in [0.717, 1.165) is 24.3 Å². The molecular weight excluding hydrogens is 314 g/mol. The van der Waals surface area contributed by atoms with Gasteiger partial charge in [-0.25, -0.2) is 0 Å². The first-order valence-corrected chi connectivity index (χ1v) is 8.58. The van der Waals surface area contributed by atoms with Crippen molar-refractivity contribution in [2.45, 2.75) is 26.3 Å². The highest BCUT2D eigenvalue weighted by molar-refractivity contribution is 5.88. The normalized spacial score (nSPS) is 13.1. The topological polar surface area (TPSA) is 61.4 Å². The highest BCUT2D eigenvalue weighted by Gasteiger charge is 2.19. The summed E-state index contributed by atoms with van der Waals surface area (Å²) < 4.78 is 0. The molecule has 1 aliphatic heterocycles. The molecule has 0 aromatic heterocycles. The number of rotatable bonds is 5. The molecule has 1 heterocycles. The second-order valence-corrected chi connectivity index (χ2v) is 6.27. The van der Waals surface area contributed by atoms with E-state index in [0.29, 0.717) is 19.5 Å². The highest BCUT2D eigenvalue weighted by Crippen LogP contribution is 2.19. The number of carbonyl (C=O) groups is 2. The zero-order valence-electron chi connectivity index (χ0n) is 14.4. The van der Waals surface area contributed by atoms with E-state index in [1.54, 1.807) is 0 Å². The van der Waals surface area contributed by atoms with Gasteiger partial charge in [-0.2, -0.15) is 0 Å². The van der Waals surface area contributed by atoms with Gasteiger partial charge in [0, 0.05) is 44.4 Å². The summed E-state index contributed by atoms with van der Waals surface area (Å²) in [5.41, 5.74) is 4.31. The van der Waals surface area contributed by atoms with Gasteiger partial charge in [-0.15, -0.1) is 0 Å². The molecule has 130 valence electrons. The van der Waals surface area contributed by atoms with Crippen LogP contribution in [0, 0.1) is 0 Å². The number of hydrogen-bond acceptors (Lipinski definition) is 3. The van der Waals surface area contributed by atoms with Crippen LogP contribution < -0.4 is 10.6 Å². The number of nitrogens with zero attached hydrogens (tertiary/aromatic N) is 1. The molecule has 0 unspecified atom stereocenters. The third-order valence-electron chi connectivity index (χ3n) is 4.36. The summed E-state index contributed by atoms with van der Waals surface area (Å²) in [7, 11) is 0. The number of hydrogen-bond donors (Lipinski definition) is 2. The van der Waals surface area contributed by atoms with Crippen LogP contribution in [-0.2, 0) is 22.6 Å². The van der Waals surface area contributed by atoms with Crippen molar-refractivity contribution in [3.05, 3.63) is 59.7 Å². The summed E-state index contributed by atoms with van der Waals surface area (Å²) in [6, 6.07) is 15.8. The maximum Gasteiger partial charge on any atom is 0.224 e. The molecule has 0 saturated heterocycles. The van der Waals surface area contributed by atoms with Gasteiger partial charge < -0.3 is 15.5 Å². The monoisotopic (exact) mass is 337 g/mol. The lowest BCUT2D eigenvalue weighted by Crippen LogP contribution is -2.36. The van der Waals surface area contributed by atoms with Crippen LogP contribution in [-0.4, -0.2) is 29.8 Å². The Morgan fingerprint density at radius 1 is 1.00 bits per heavy atom. The van der Waals surface area contributed by atoms with Crippen LogP contribution in [0.1, 0.15) is 24.5 Å². The van der Waals surface area contributed by atoms with Gasteiger partial charge in [-0.1, -0.05) is 24.3 Å². The lowest BCUT2D eigenvalue weighted by molar-refractivity contribution is -0.131. The van der Waals surface area contributed by atoms with E-state index in [1.165, 1.54) is 18.1 Å². The summed E-state index contributed by atoms with van der Waals surface area (Å²) >= 11 is 0. The number of benzene rings is 2. The molecule has 0 spiro atoms. The average molecular weight is 337 g/mol. The van der Waals surface area contributed by atoms with Crippen LogP contribution in [0.2, 0.25) is 0 Å². The fourth-order valence-electron chi connectivity index (χ4n) is 3.06. The SMILES string of the molecule is CC(=O)Nc1ccc(NCCC(=O)N2CCc3ccccc3C2)cc1. The summed E-state index contributed by atoms with van der Waals surface area (Å²) in [5.74, 6) is 0.0891. The van der Waals surface area contributed by atoms with E-state index < -0.39 is 0 Å². The van der Waals surface area contributed by atoms with Crippen molar-refractivity contribution in [1.82, 2.24) is 4.90 Å². The predicted octanol–water partition coefficient (Wildman–Crippen LogP) is 3.03. The third-order valence-corrected chi connectivity index (χ3v) is 4.36. The van der Waals surface area contributed by atoms with Gasteiger partial charge in [0.25, 0.3) is 0 Å². The molecule has 2 N–H and O–H groups in total. The Kier molecular flexibility index (Phi) is 5.33. The summed E-state index contributed by atoms with van der Waals surface area (Å²) in [4.78, 5) is 25.3. The minimum Gasteiger partial charge on any atom is -0.385 e. The quantitative estimate of drug-likeness (QED) is 0.881. The van der Waals surface area contributed by atoms with Gasteiger partial charge in [0.1, 0.15) is 0 Å². The number of fused-ring (bicyclic) bond motifs is 1. The van der Waals surface area contributed by atoms with Crippen molar-refractivity contribution >= 4 is 23.2 Å². The first-order valence-electron chi connectivity index (χ1n) is 8.58. The second-order valence-electron chi connectivity index (χ2n) is 6.27. The Morgan fingerprint density at radius 3 is 2.40 bits per heavy atom. The van der Waals surface area contributed by atoms with E-state index in [9.17, 15) is 9.59 Å². The molecule has 0 saturated carbocycles. The maximum atomic E-state index is 12.4. The van der Waals surface area contributed by atoms with E-state index >= 15 is 0 Å². The van der Waals surface area contributed by atoms with Gasteiger partial charge in [0.15, 0.2) is 0 Å². The van der Waals surface area contributed by atoms with E-state index in [4.69, 9.17) is 0 Å². The van der Waals surface area contributed by atoms with Gasteiger partial charge >= 0.3 is 0 Å². The lowest BCUT2D eigenvalue weighted by Gasteiger charge is -2.29. The number of carbonyl (C=O) groups excluding carboxylic acids is 2. The van der Waals surface area contributed by atoms with Crippen LogP contribution in [0.15, 0.2) is 48.5 Å². The van der Waals surface area contributed by atoms with Crippen LogP contribution >= 0.6 is 0 Å². The van der Waals surface area contributed by atoms with Gasteiger partial charge in [0.2, 0.25) is 11.8 Å². The van der Waals surface area contributed by atoms with Gasteiger partial charge in [-0.05, 0) is 41.8 Å². The molecule has 3 rings (SSSR count). The molecule has 5 heteroatoms. The molecule has 2 aromatic rings. The fourth-order valence-corrected chi connectivity index (χ4v) is 3.06. The van der Waals surface area contributed by atoms with Crippen molar-refractivity contribution in [3.63, 3.8) is 0 Å². The Bertz CT molecular complexity index is 756. The van der Waals surface area contributed by atoms with E-state index in [-0.39, 0.29) is 11.8 Å². The van der Waals surface area contributed by atoms with Crippen molar-refractivity contribution in [3.8, 4) is 0 Å². The second kappa shape index (κ2) is 7.83. The molecular formula is C20H23N3O2. The molecule has 25 heavy (non-hydrogen) atoms. The Hall–Kier alpha value is -2.82. The minimum atomic E-state index is -0.0885. The van der Waals surface area contributed by atoms with Gasteiger partial charge in [0.05, 0.1) is 0 Å². The molecule has 2 amide bonds. The molecule has 0 atom stereocenters. The van der Waals surface area contributed by atoms with Crippen LogP contribution in [0.25, 0.3) is 0 Å². The summed E-state index contributed by atoms with van der Waals surface area (Å²) in [5, 5.41) is 5.98. The molecule has 2 aromatic carbocycles. The van der Waals surface area contributed by atoms with Gasteiger partial charge in [-0.3, -0.25) is 9.59 Å². The molecule has 0 aliphatic carbocycles. The van der Waals surface area contributed by atoms with Crippen molar-refractivity contribution in [2.24, 2.45) is 0 Å². The number of amides is 2. The third kappa shape index (κ3) is 4.59.